The molecule has 1 atom stereocenters. The van der Waals surface area contributed by atoms with Crippen LogP contribution in [0.1, 0.15) is 5.56 Å². The molecule has 0 spiro atoms. The summed E-state index contributed by atoms with van der Waals surface area (Å²) in [6.45, 7) is 2.14. The van der Waals surface area contributed by atoms with Gasteiger partial charge in [0.25, 0.3) is 0 Å². The molecule has 1 saturated heterocycles. The van der Waals surface area contributed by atoms with Crippen LogP contribution >= 0.6 is 11.6 Å². The number of benzene rings is 1. The van der Waals surface area contributed by atoms with Crippen molar-refractivity contribution in [3.63, 3.8) is 0 Å². The van der Waals surface area contributed by atoms with E-state index < -0.39 is 5.79 Å². The van der Waals surface area contributed by atoms with Crippen molar-refractivity contribution in [3.8, 4) is 0 Å². The second-order valence-electron chi connectivity index (χ2n) is 4.14. The van der Waals surface area contributed by atoms with Gasteiger partial charge in [0.2, 0.25) is 5.79 Å². The molecule has 94 valence electrons. The molecule has 0 saturated carbocycles. The second kappa shape index (κ2) is 5.33. The Bertz CT molecular complexity index is 369. The van der Waals surface area contributed by atoms with E-state index in [0.29, 0.717) is 30.3 Å². The number of hydrogen-bond donors (Lipinski definition) is 2. The molecule has 0 radical (unpaired) electrons. The minimum atomic E-state index is -1.31. The molecule has 1 aromatic carbocycles. The molecular formula is C12H16ClNO3. The molecule has 1 fully saturated rings. The Morgan fingerprint density at radius 3 is 2.71 bits per heavy atom. The van der Waals surface area contributed by atoms with Crippen molar-refractivity contribution in [2.24, 2.45) is 0 Å². The van der Waals surface area contributed by atoms with Gasteiger partial charge in [0.05, 0.1) is 19.8 Å². The van der Waals surface area contributed by atoms with Gasteiger partial charge in [0.1, 0.15) is 0 Å². The molecule has 1 unspecified atom stereocenters. The number of β-amino-alcohol motifs (C(OH)–C–C–N with tert-alkyl or cyclic N) is 2. The third kappa shape index (κ3) is 2.97. The van der Waals surface area contributed by atoms with E-state index in [1.807, 2.05) is 4.90 Å². The number of hydrogen-bond acceptors (Lipinski definition) is 4. The molecule has 1 aliphatic heterocycles. The SMILES string of the molecule is OCCN1CCOC(O)(c2ccc(Cl)cc2)C1. The first-order chi connectivity index (χ1) is 8.14. The van der Waals surface area contributed by atoms with Crippen LogP contribution in [0.3, 0.4) is 0 Å². The van der Waals surface area contributed by atoms with E-state index in [1.54, 1.807) is 24.3 Å². The first kappa shape index (κ1) is 12.8. The first-order valence-electron chi connectivity index (χ1n) is 5.60. The fourth-order valence-electron chi connectivity index (χ4n) is 1.99. The van der Waals surface area contributed by atoms with E-state index in [0.717, 1.165) is 6.54 Å². The lowest BCUT2D eigenvalue weighted by Gasteiger charge is -2.39. The maximum absolute atomic E-state index is 10.4. The van der Waals surface area contributed by atoms with Crippen LogP contribution in [0, 0.1) is 0 Å². The second-order valence-corrected chi connectivity index (χ2v) is 4.58. The molecule has 2 N–H and O–H groups in total. The van der Waals surface area contributed by atoms with Gasteiger partial charge in [0, 0.05) is 23.7 Å². The van der Waals surface area contributed by atoms with Gasteiger partial charge >= 0.3 is 0 Å². The highest BCUT2D eigenvalue weighted by Gasteiger charge is 2.35. The lowest BCUT2D eigenvalue weighted by molar-refractivity contribution is -0.248. The molecule has 5 heteroatoms. The normalized spacial score (nSPS) is 26.1. The Balaban J connectivity index is 2.14. The van der Waals surface area contributed by atoms with Crippen LogP contribution in [0.5, 0.6) is 0 Å². The number of rotatable bonds is 3. The quantitative estimate of drug-likeness (QED) is 0.842. The summed E-state index contributed by atoms with van der Waals surface area (Å²) in [6, 6.07) is 6.96. The first-order valence-corrected chi connectivity index (χ1v) is 5.97. The van der Waals surface area contributed by atoms with E-state index in [-0.39, 0.29) is 6.61 Å². The Morgan fingerprint density at radius 1 is 1.35 bits per heavy atom. The molecule has 0 bridgehead atoms. The van der Waals surface area contributed by atoms with Gasteiger partial charge in [-0.1, -0.05) is 23.7 Å². The summed E-state index contributed by atoms with van der Waals surface area (Å²) in [5.74, 6) is -1.31. The maximum Gasteiger partial charge on any atom is 0.205 e. The van der Waals surface area contributed by atoms with Crippen molar-refractivity contribution in [2.75, 3.05) is 32.8 Å². The fourth-order valence-corrected chi connectivity index (χ4v) is 2.11. The van der Waals surface area contributed by atoms with Crippen LogP contribution in [-0.2, 0) is 10.5 Å². The van der Waals surface area contributed by atoms with E-state index in [9.17, 15) is 5.11 Å². The number of ether oxygens (including phenoxy) is 1. The summed E-state index contributed by atoms with van der Waals surface area (Å²) >= 11 is 5.81. The van der Waals surface area contributed by atoms with Crippen molar-refractivity contribution in [1.29, 1.82) is 0 Å². The zero-order chi connectivity index (χ0) is 12.3. The van der Waals surface area contributed by atoms with E-state index >= 15 is 0 Å². The van der Waals surface area contributed by atoms with E-state index in [2.05, 4.69) is 0 Å². The molecule has 0 amide bonds. The van der Waals surface area contributed by atoms with Gasteiger partial charge in [-0.2, -0.15) is 0 Å². The Hall–Kier alpha value is -0.650. The smallest absolute Gasteiger partial charge is 0.205 e. The molecule has 0 aliphatic carbocycles. The monoisotopic (exact) mass is 257 g/mol. The predicted octanol–water partition coefficient (Wildman–Crippen LogP) is 0.810. The standard InChI is InChI=1S/C12H16ClNO3/c13-11-3-1-10(2-4-11)12(16)9-14(5-7-15)6-8-17-12/h1-4,15-16H,5-9H2. The lowest BCUT2D eigenvalue weighted by atomic mass is 10.0. The number of aliphatic hydroxyl groups excluding tert-OH is 1. The van der Waals surface area contributed by atoms with Crippen molar-refractivity contribution in [3.05, 3.63) is 34.9 Å². The van der Waals surface area contributed by atoms with Gasteiger partial charge in [-0.05, 0) is 12.1 Å². The Morgan fingerprint density at radius 2 is 2.06 bits per heavy atom. The molecule has 1 heterocycles. The fraction of sp³-hybridized carbons (Fsp3) is 0.500. The van der Waals surface area contributed by atoms with Gasteiger partial charge < -0.3 is 14.9 Å². The summed E-state index contributed by atoms with van der Waals surface area (Å²) < 4.78 is 5.46. The van der Waals surface area contributed by atoms with Crippen LogP contribution < -0.4 is 0 Å². The number of halogens is 1. The van der Waals surface area contributed by atoms with Crippen molar-refractivity contribution in [2.45, 2.75) is 5.79 Å². The summed E-state index contributed by atoms with van der Waals surface area (Å²) in [6.07, 6.45) is 0. The van der Waals surface area contributed by atoms with Gasteiger partial charge in [-0.3, -0.25) is 4.90 Å². The third-order valence-corrected chi connectivity index (χ3v) is 3.15. The van der Waals surface area contributed by atoms with Crippen molar-refractivity contribution >= 4 is 11.6 Å². The van der Waals surface area contributed by atoms with Crippen LogP contribution in [-0.4, -0.2) is 48.0 Å². The number of nitrogens with zero attached hydrogens (tertiary/aromatic N) is 1. The van der Waals surface area contributed by atoms with E-state index in [1.165, 1.54) is 0 Å². The molecule has 2 rings (SSSR count). The van der Waals surface area contributed by atoms with Crippen LogP contribution in [0.25, 0.3) is 0 Å². The Kier molecular flexibility index (Phi) is 4.01. The average molecular weight is 258 g/mol. The molecule has 17 heavy (non-hydrogen) atoms. The highest BCUT2D eigenvalue weighted by molar-refractivity contribution is 6.30. The molecule has 1 aliphatic rings. The zero-order valence-electron chi connectivity index (χ0n) is 9.47. The predicted molar refractivity (Wildman–Crippen MR) is 64.8 cm³/mol. The van der Waals surface area contributed by atoms with Gasteiger partial charge in [0.15, 0.2) is 0 Å². The minimum Gasteiger partial charge on any atom is -0.395 e. The van der Waals surface area contributed by atoms with Crippen LogP contribution in [0.4, 0.5) is 0 Å². The largest absolute Gasteiger partial charge is 0.395 e. The van der Waals surface area contributed by atoms with Gasteiger partial charge in [-0.15, -0.1) is 0 Å². The van der Waals surface area contributed by atoms with Gasteiger partial charge in [-0.25, -0.2) is 0 Å². The van der Waals surface area contributed by atoms with Crippen molar-refractivity contribution in [1.82, 2.24) is 4.90 Å². The third-order valence-electron chi connectivity index (χ3n) is 2.90. The summed E-state index contributed by atoms with van der Waals surface area (Å²) in [5.41, 5.74) is 0.685. The lowest BCUT2D eigenvalue weighted by Crippen LogP contribution is -2.50. The average Bonchev–Trinajstić information content (AvgIpc) is 2.30. The topological polar surface area (TPSA) is 52.9 Å². The van der Waals surface area contributed by atoms with Crippen LogP contribution in [0.15, 0.2) is 24.3 Å². The highest BCUT2D eigenvalue weighted by Crippen LogP contribution is 2.27. The highest BCUT2D eigenvalue weighted by atomic mass is 35.5. The summed E-state index contributed by atoms with van der Waals surface area (Å²) in [5, 5.41) is 20.0. The molecule has 4 nitrogen and oxygen atoms in total. The zero-order valence-corrected chi connectivity index (χ0v) is 10.2. The van der Waals surface area contributed by atoms with Crippen LogP contribution in [0.2, 0.25) is 5.02 Å². The molecular weight excluding hydrogens is 242 g/mol. The molecule has 1 aromatic rings. The Labute approximate surface area is 105 Å². The number of morpholine rings is 1. The number of aliphatic hydroxyl groups is 2. The molecule has 0 aromatic heterocycles. The van der Waals surface area contributed by atoms with E-state index in [4.69, 9.17) is 21.4 Å². The minimum absolute atomic E-state index is 0.0801. The maximum atomic E-state index is 10.4. The summed E-state index contributed by atoms with van der Waals surface area (Å²) in [4.78, 5) is 1.97. The van der Waals surface area contributed by atoms with Crippen molar-refractivity contribution < 1.29 is 14.9 Å². The summed E-state index contributed by atoms with van der Waals surface area (Å²) in [7, 11) is 0.